The maximum absolute atomic E-state index is 12.9. The van der Waals surface area contributed by atoms with Crippen LogP contribution in [0, 0.1) is 0 Å². The zero-order valence-corrected chi connectivity index (χ0v) is 50.6. The molecule has 6 nitrogen and oxygen atoms in total. The molecule has 0 aliphatic carbocycles. The molecule has 0 aromatic rings. The maximum atomic E-state index is 12.9. The van der Waals surface area contributed by atoms with Crippen LogP contribution < -0.4 is 0 Å². The number of hydrogen-bond acceptors (Lipinski definition) is 6. The van der Waals surface area contributed by atoms with Gasteiger partial charge in [0.25, 0.3) is 0 Å². The zero-order valence-electron chi connectivity index (χ0n) is 50.6. The summed E-state index contributed by atoms with van der Waals surface area (Å²) in [6, 6.07) is 0. The van der Waals surface area contributed by atoms with E-state index in [9.17, 15) is 14.4 Å². The summed E-state index contributed by atoms with van der Waals surface area (Å²) < 4.78 is 16.9. The van der Waals surface area contributed by atoms with Crippen molar-refractivity contribution in [2.75, 3.05) is 13.2 Å². The molecule has 78 heavy (non-hydrogen) atoms. The molecule has 1 atom stereocenters. The highest BCUT2D eigenvalue weighted by atomic mass is 16.6. The second kappa shape index (κ2) is 65.1. The lowest BCUT2D eigenvalue weighted by atomic mass is 10.1. The lowest BCUT2D eigenvalue weighted by Gasteiger charge is -2.18. The minimum absolute atomic E-state index is 0.0927. The van der Waals surface area contributed by atoms with Crippen LogP contribution in [0.4, 0.5) is 0 Å². The largest absolute Gasteiger partial charge is 0.462 e. The molecule has 0 aliphatic rings. The van der Waals surface area contributed by atoms with Crippen LogP contribution in [0.25, 0.3) is 0 Å². The van der Waals surface area contributed by atoms with Gasteiger partial charge in [-0.25, -0.2) is 0 Å². The molecule has 0 radical (unpaired) electrons. The van der Waals surface area contributed by atoms with Gasteiger partial charge in [-0.3, -0.25) is 14.4 Å². The van der Waals surface area contributed by atoms with Crippen LogP contribution in [0.1, 0.15) is 284 Å². The van der Waals surface area contributed by atoms with Crippen LogP contribution in [0.3, 0.4) is 0 Å². The first-order valence-corrected chi connectivity index (χ1v) is 32.2. The molecule has 0 spiro atoms. The SMILES string of the molecule is CC/C=C\C/C=C\C/C=C\C/C=C\C/C=C\C/C=C\C/C=C\C/C=C\CCCCCCCCCCC(=O)OCC(COC(=O)CCCCCCC/C=C\C/C=C\CCC)OC(=O)CCCCCCC/C=C\CCCCCCC. The number of carbonyl (C=O) groups excluding carboxylic acids is 3. The van der Waals surface area contributed by atoms with Crippen LogP contribution in [0.2, 0.25) is 0 Å². The minimum atomic E-state index is -0.795. The van der Waals surface area contributed by atoms with Crippen molar-refractivity contribution in [2.24, 2.45) is 0 Å². The number of unbranched alkanes of at least 4 members (excludes halogenated alkanes) is 24. The molecule has 0 aliphatic heterocycles. The van der Waals surface area contributed by atoms with E-state index in [2.05, 4.69) is 154 Å². The number of rotatable bonds is 57. The zero-order chi connectivity index (χ0) is 56.4. The molecular formula is C72H118O6. The molecular weight excluding hydrogens is 961 g/mol. The molecule has 0 aromatic carbocycles. The Balaban J connectivity index is 4.27. The predicted molar refractivity (Wildman–Crippen MR) is 339 cm³/mol. The van der Waals surface area contributed by atoms with E-state index in [0.717, 1.165) is 161 Å². The molecule has 0 amide bonds. The van der Waals surface area contributed by atoms with Crippen molar-refractivity contribution in [3.05, 3.63) is 134 Å². The number of ether oxygens (including phenoxy) is 3. The Morgan fingerprint density at radius 3 is 0.846 bits per heavy atom. The van der Waals surface area contributed by atoms with Crippen molar-refractivity contribution in [3.63, 3.8) is 0 Å². The Hall–Kier alpha value is -4.45. The first-order chi connectivity index (χ1) is 38.5. The van der Waals surface area contributed by atoms with E-state index in [4.69, 9.17) is 14.2 Å². The number of carbonyl (C=O) groups is 3. The van der Waals surface area contributed by atoms with Gasteiger partial charge in [0.1, 0.15) is 13.2 Å². The van der Waals surface area contributed by atoms with Gasteiger partial charge in [-0.1, -0.05) is 264 Å². The Morgan fingerprint density at radius 1 is 0.269 bits per heavy atom. The summed E-state index contributed by atoms with van der Waals surface area (Å²) in [5.74, 6) is -0.922. The summed E-state index contributed by atoms with van der Waals surface area (Å²) in [6.07, 6.45) is 91.7. The molecule has 0 aromatic heterocycles. The standard InChI is InChI=1S/C72H118O6/c1-4-7-10-13-16-19-22-25-27-28-29-30-31-32-33-34-35-36-37-38-39-40-41-42-43-44-45-48-50-53-56-59-62-65-71(74)77-68-69(67-76-70(73)64-61-58-55-52-49-46-24-21-18-15-12-9-6-3)78-72(75)66-63-60-57-54-51-47-26-23-20-17-14-11-8-5-2/h7,10,12,15-16,19,21,23-27,29-30,32-33,35-36,38-39,41-42,69H,4-6,8-9,11,13-14,17-18,20,22,28,31,34,37,40,43-68H2,1-3H3/b10-7-,15-12-,19-16-,24-21-,26-23-,27-25-,30-29-,33-32-,36-35-,39-38-,42-41-. The summed E-state index contributed by atoms with van der Waals surface area (Å²) in [7, 11) is 0. The molecule has 0 bridgehead atoms. The summed E-state index contributed by atoms with van der Waals surface area (Å²) in [5.41, 5.74) is 0. The highest BCUT2D eigenvalue weighted by molar-refractivity contribution is 5.71. The molecule has 0 heterocycles. The van der Waals surface area contributed by atoms with E-state index < -0.39 is 6.10 Å². The molecule has 442 valence electrons. The van der Waals surface area contributed by atoms with Gasteiger partial charge in [0.05, 0.1) is 0 Å². The van der Waals surface area contributed by atoms with Crippen molar-refractivity contribution in [3.8, 4) is 0 Å². The van der Waals surface area contributed by atoms with Crippen LogP contribution in [-0.4, -0.2) is 37.2 Å². The highest BCUT2D eigenvalue weighted by Crippen LogP contribution is 2.15. The van der Waals surface area contributed by atoms with Gasteiger partial charge in [-0.2, -0.15) is 0 Å². The Bertz CT molecular complexity index is 1670. The quantitative estimate of drug-likeness (QED) is 0.0261. The fourth-order valence-electron chi connectivity index (χ4n) is 8.55. The van der Waals surface area contributed by atoms with Gasteiger partial charge in [0, 0.05) is 19.3 Å². The number of esters is 3. The molecule has 1 unspecified atom stereocenters. The first kappa shape index (κ1) is 73.5. The van der Waals surface area contributed by atoms with Gasteiger partial charge in [0.15, 0.2) is 6.10 Å². The number of allylic oxidation sites excluding steroid dienone is 22. The van der Waals surface area contributed by atoms with Gasteiger partial charge < -0.3 is 14.2 Å². The van der Waals surface area contributed by atoms with E-state index >= 15 is 0 Å². The highest BCUT2D eigenvalue weighted by Gasteiger charge is 2.19. The van der Waals surface area contributed by atoms with Crippen LogP contribution in [0.15, 0.2) is 134 Å². The van der Waals surface area contributed by atoms with E-state index in [-0.39, 0.29) is 31.1 Å². The second-order valence-electron chi connectivity index (χ2n) is 20.9. The summed E-state index contributed by atoms with van der Waals surface area (Å²) in [5, 5.41) is 0. The predicted octanol–water partition coefficient (Wildman–Crippen LogP) is 22.2. The third-order valence-electron chi connectivity index (χ3n) is 13.3. The summed E-state index contributed by atoms with van der Waals surface area (Å²) >= 11 is 0. The van der Waals surface area contributed by atoms with Gasteiger partial charge in [-0.15, -0.1) is 0 Å². The fourth-order valence-corrected chi connectivity index (χ4v) is 8.55. The van der Waals surface area contributed by atoms with E-state index in [1.807, 2.05) is 0 Å². The topological polar surface area (TPSA) is 78.9 Å². The van der Waals surface area contributed by atoms with Crippen molar-refractivity contribution < 1.29 is 28.6 Å². The minimum Gasteiger partial charge on any atom is -0.462 e. The van der Waals surface area contributed by atoms with Crippen LogP contribution in [-0.2, 0) is 28.6 Å². The molecule has 0 fully saturated rings. The molecule has 0 saturated heterocycles. The van der Waals surface area contributed by atoms with Crippen molar-refractivity contribution in [2.45, 2.75) is 290 Å². The third kappa shape index (κ3) is 62.4. The Morgan fingerprint density at radius 2 is 0.526 bits per heavy atom. The Kier molecular flexibility index (Phi) is 61.4. The van der Waals surface area contributed by atoms with Crippen molar-refractivity contribution >= 4 is 17.9 Å². The monoisotopic (exact) mass is 1080 g/mol. The second-order valence-corrected chi connectivity index (χ2v) is 20.9. The summed E-state index contributed by atoms with van der Waals surface area (Å²) in [6.45, 7) is 6.43. The summed E-state index contributed by atoms with van der Waals surface area (Å²) in [4.78, 5) is 38.2. The van der Waals surface area contributed by atoms with E-state index in [1.54, 1.807) is 0 Å². The lowest BCUT2D eigenvalue weighted by Crippen LogP contribution is -2.30. The Labute approximate surface area is 481 Å². The fraction of sp³-hybridized carbons (Fsp3) is 0.653. The van der Waals surface area contributed by atoms with Crippen LogP contribution in [0.5, 0.6) is 0 Å². The third-order valence-corrected chi connectivity index (χ3v) is 13.3. The molecule has 6 heteroatoms. The number of hydrogen-bond donors (Lipinski definition) is 0. The smallest absolute Gasteiger partial charge is 0.306 e. The molecule has 0 rings (SSSR count). The normalized spacial score (nSPS) is 13.0. The van der Waals surface area contributed by atoms with E-state index in [1.165, 1.54) is 83.5 Å². The average Bonchev–Trinajstić information content (AvgIpc) is 3.44. The average molecular weight is 1080 g/mol. The van der Waals surface area contributed by atoms with Crippen molar-refractivity contribution in [1.82, 2.24) is 0 Å². The van der Waals surface area contributed by atoms with Crippen molar-refractivity contribution in [1.29, 1.82) is 0 Å². The van der Waals surface area contributed by atoms with Gasteiger partial charge in [0.2, 0.25) is 0 Å². The molecule has 0 N–H and O–H groups in total. The van der Waals surface area contributed by atoms with Gasteiger partial charge in [-0.05, 0) is 135 Å². The first-order valence-electron chi connectivity index (χ1n) is 32.2. The van der Waals surface area contributed by atoms with Gasteiger partial charge >= 0.3 is 17.9 Å². The molecule has 0 saturated carbocycles. The lowest BCUT2D eigenvalue weighted by molar-refractivity contribution is -0.167. The maximum Gasteiger partial charge on any atom is 0.306 e. The van der Waals surface area contributed by atoms with E-state index in [0.29, 0.717) is 19.3 Å². The van der Waals surface area contributed by atoms with Crippen LogP contribution >= 0.6 is 0 Å².